The second-order valence-electron chi connectivity index (χ2n) is 7.09. The van der Waals surface area contributed by atoms with E-state index in [2.05, 4.69) is 15.2 Å². The molecule has 1 saturated heterocycles. The Hall–Kier alpha value is -3.05. The number of sulfonamides is 1. The van der Waals surface area contributed by atoms with Crippen LogP contribution in [0.15, 0.2) is 46.3 Å². The zero-order chi connectivity index (χ0) is 21.3. The highest BCUT2D eigenvalue weighted by Crippen LogP contribution is 2.24. The number of carbonyl (C=O) groups is 1. The number of benzene rings is 1. The van der Waals surface area contributed by atoms with Crippen LogP contribution < -0.4 is 0 Å². The Labute approximate surface area is 174 Å². The molecular formula is C19H22N6O4S. The molecule has 11 heteroatoms. The van der Waals surface area contributed by atoms with E-state index < -0.39 is 10.0 Å². The van der Waals surface area contributed by atoms with Gasteiger partial charge in [-0.3, -0.25) is 4.79 Å². The molecule has 0 atom stereocenters. The highest BCUT2D eigenvalue weighted by molar-refractivity contribution is 7.89. The van der Waals surface area contributed by atoms with Gasteiger partial charge in [0.25, 0.3) is 5.91 Å². The minimum atomic E-state index is -3.72. The molecule has 30 heavy (non-hydrogen) atoms. The summed E-state index contributed by atoms with van der Waals surface area (Å²) in [5.41, 5.74) is 1.69. The molecule has 1 aliphatic heterocycles. The number of rotatable bonds is 4. The summed E-state index contributed by atoms with van der Waals surface area (Å²) in [6.07, 6.45) is 3.57. The van der Waals surface area contributed by atoms with Crippen molar-refractivity contribution in [1.29, 1.82) is 0 Å². The zero-order valence-corrected chi connectivity index (χ0v) is 17.5. The van der Waals surface area contributed by atoms with Gasteiger partial charge in [0.2, 0.25) is 10.0 Å². The maximum Gasteiger partial charge on any atom is 0.253 e. The van der Waals surface area contributed by atoms with Crippen LogP contribution >= 0.6 is 0 Å². The monoisotopic (exact) mass is 430 g/mol. The molecule has 10 nitrogen and oxygen atoms in total. The van der Waals surface area contributed by atoms with Crippen molar-refractivity contribution in [3.8, 4) is 5.69 Å². The molecule has 0 bridgehead atoms. The van der Waals surface area contributed by atoms with E-state index in [1.807, 2.05) is 0 Å². The molecule has 0 aliphatic carbocycles. The van der Waals surface area contributed by atoms with Crippen LogP contribution in [0.5, 0.6) is 0 Å². The van der Waals surface area contributed by atoms with Crippen LogP contribution in [-0.4, -0.2) is 69.6 Å². The lowest BCUT2D eigenvalue weighted by Gasteiger charge is -2.22. The molecule has 0 spiro atoms. The fourth-order valence-corrected chi connectivity index (χ4v) is 5.35. The fourth-order valence-electron chi connectivity index (χ4n) is 3.59. The van der Waals surface area contributed by atoms with Crippen molar-refractivity contribution in [2.24, 2.45) is 0 Å². The molecular weight excluding hydrogens is 408 g/mol. The van der Waals surface area contributed by atoms with Gasteiger partial charge in [-0.15, -0.1) is 0 Å². The normalized spacial score (nSPS) is 15.9. The molecule has 4 rings (SSSR count). The maximum atomic E-state index is 13.0. The van der Waals surface area contributed by atoms with Crippen LogP contribution in [0.3, 0.4) is 0 Å². The first kappa shape index (κ1) is 20.2. The molecule has 2 aromatic heterocycles. The van der Waals surface area contributed by atoms with E-state index in [0.29, 0.717) is 37.3 Å². The van der Waals surface area contributed by atoms with E-state index in [1.165, 1.54) is 10.6 Å². The Balaban J connectivity index is 1.47. The van der Waals surface area contributed by atoms with Crippen LogP contribution in [0.1, 0.15) is 28.2 Å². The minimum absolute atomic E-state index is 0.117. The average molecular weight is 430 g/mol. The second-order valence-corrected chi connectivity index (χ2v) is 8.96. The van der Waals surface area contributed by atoms with Gasteiger partial charge in [-0.1, -0.05) is 5.16 Å². The van der Waals surface area contributed by atoms with Gasteiger partial charge in [-0.05, 0) is 44.5 Å². The van der Waals surface area contributed by atoms with Crippen LogP contribution in [-0.2, 0) is 10.0 Å². The van der Waals surface area contributed by atoms with Crippen molar-refractivity contribution in [3.63, 3.8) is 0 Å². The molecule has 0 saturated carbocycles. The summed E-state index contributed by atoms with van der Waals surface area (Å²) in [6.45, 7) is 4.55. The number of aryl methyl sites for hydroxylation is 2. The van der Waals surface area contributed by atoms with Gasteiger partial charge in [0.15, 0.2) is 5.76 Å². The number of hydrogen-bond donors (Lipinski definition) is 0. The quantitative estimate of drug-likeness (QED) is 0.615. The van der Waals surface area contributed by atoms with Gasteiger partial charge in [0.05, 0.1) is 5.69 Å². The van der Waals surface area contributed by atoms with Crippen molar-refractivity contribution in [1.82, 2.24) is 29.1 Å². The van der Waals surface area contributed by atoms with Gasteiger partial charge in [-0.2, -0.15) is 9.40 Å². The topological polar surface area (TPSA) is 114 Å². The van der Waals surface area contributed by atoms with Crippen LogP contribution in [0.2, 0.25) is 0 Å². The molecule has 158 valence electrons. The highest BCUT2D eigenvalue weighted by Gasteiger charge is 2.33. The van der Waals surface area contributed by atoms with Crippen molar-refractivity contribution in [2.45, 2.75) is 25.2 Å². The van der Waals surface area contributed by atoms with Crippen LogP contribution in [0.4, 0.5) is 0 Å². The Bertz CT molecular complexity index is 1120. The highest BCUT2D eigenvalue weighted by atomic mass is 32.2. The smallest absolute Gasteiger partial charge is 0.253 e. The van der Waals surface area contributed by atoms with Gasteiger partial charge >= 0.3 is 0 Å². The summed E-state index contributed by atoms with van der Waals surface area (Å²) in [5, 5.41) is 7.82. The number of aromatic nitrogens is 4. The zero-order valence-electron chi connectivity index (χ0n) is 16.7. The number of carbonyl (C=O) groups excluding carboxylic acids is 1. The first-order valence-electron chi connectivity index (χ1n) is 9.55. The van der Waals surface area contributed by atoms with E-state index in [0.717, 1.165) is 5.69 Å². The Morgan fingerprint density at radius 1 is 1.07 bits per heavy atom. The average Bonchev–Trinajstić information content (AvgIpc) is 3.30. The predicted molar refractivity (Wildman–Crippen MR) is 107 cm³/mol. The van der Waals surface area contributed by atoms with Gasteiger partial charge < -0.3 is 9.42 Å². The second kappa shape index (κ2) is 8.00. The minimum Gasteiger partial charge on any atom is -0.360 e. The lowest BCUT2D eigenvalue weighted by Crippen LogP contribution is -2.37. The van der Waals surface area contributed by atoms with Crippen molar-refractivity contribution in [3.05, 3.63) is 53.9 Å². The number of amides is 1. The summed E-state index contributed by atoms with van der Waals surface area (Å²) in [4.78, 5) is 18.7. The summed E-state index contributed by atoms with van der Waals surface area (Å²) in [6, 6.07) is 7.08. The molecule has 3 heterocycles. The number of nitrogens with zero attached hydrogens (tertiary/aromatic N) is 6. The third kappa shape index (κ3) is 3.73. The van der Waals surface area contributed by atoms with Crippen molar-refractivity contribution >= 4 is 15.9 Å². The van der Waals surface area contributed by atoms with Gasteiger partial charge in [-0.25, -0.2) is 18.1 Å². The third-order valence-corrected chi connectivity index (χ3v) is 7.25. The van der Waals surface area contributed by atoms with Crippen molar-refractivity contribution < 1.29 is 17.7 Å². The van der Waals surface area contributed by atoms with E-state index >= 15 is 0 Å². The molecule has 1 aliphatic rings. The Morgan fingerprint density at radius 2 is 1.83 bits per heavy atom. The van der Waals surface area contributed by atoms with Crippen LogP contribution in [0, 0.1) is 13.8 Å². The molecule has 0 radical (unpaired) electrons. The first-order valence-corrected chi connectivity index (χ1v) is 11.0. The summed E-state index contributed by atoms with van der Waals surface area (Å²) < 4.78 is 34.1. The standard InChI is InChI=1S/C19H22N6O4S/c1-14-18(15(2)29-22-14)30(27,28)24-9-3-8-23(10-11-24)19(26)16-4-6-17(7-5-16)25-13-20-12-21-25/h4-7,12-13H,3,8-11H2,1-2H3. The fraction of sp³-hybridized carbons (Fsp3) is 0.368. The van der Waals surface area contributed by atoms with Crippen LogP contribution in [0.25, 0.3) is 5.69 Å². The lowest BCUT2D eigenvalue weighted by atomic mass is 10.1. The lowest BCUT2D eigenvalue weighted by molar-refractivity contribution is 0.0764. The van der Waals surface area contributed by atoms with E-state index in [-0.39, 0.29) is 23.1 Å². The molecule has 0 unspecified atom stereocenters. The summed E-state index contributed by atoms with van der Waals surface area (Å²) in [5.74, 6) is 0.147. The Kier molecular flexibility index (Phi) is 5.39. The SMILES string of the molecule is Cc1noc(C)c1S(=O)(=O)N1CCCN(C(=O)c2ccc(-n3cncn3)cc2)CC1. The molecule has 0 N–H and O–H groups in total. The Morgan fingerprint density at radius 3 is 2.47 bits per heavy atom. The van der Waals surface area contributed by atoms with E-state index in [4.69, 9.17) is 4.52 Å². The molecule has 3 aromatic rings. The summed E-state index contributed by atoms with van der Waals surface area (Å²) >= 11 is 0. The first-order chi connectivity index (χ1) is 14.4. The van der Waals surface area contributed by atoms with Crippen molar-refractivity contribution in [2.75, 3.05) is 26.2 Å². The molecule has 1 amide bonds. The van der Waals surface area contributed by atoms with E-state index in [1.54, 1.807) is 54.0 Å². The number of hydrogen-bond acceptors (Lipinski definition) is 7. The largest absolute Gasteiger partial charge is 0.360 e. The molecule has 1 fully saturated rings. The predicted octanol–water partition coefficient (Wildman–Crippen LogP) is 1.41. The van der Waals surface area contributed by atoms with Gasteiger partial charge in [0, 0.05) is 31.7 Å². The van der Waals surface area contributed by atoms with E-state index in [9.17, 15) is 13.2 Å². The molecule has 1 aromatic carbocycles. The van der Waals surface area contributed by atoms with Gasteiger partial charge in [0.1, 0.15) is 23.2 Å². The third-order valence-electron chi connectivity index (χ3n) is 5.11. The summed E-state index contributed by atoms with van der Waals surface area (Å²) in [7, 11) is -3.72. The maximum absolute atomic E-state index is 13.0.